The van der Waals surface area contributed by atoms with Crippen LogP contribution in [0.5, 0.6) is 0 Å². The van der Waals surface area contributed by atoms with Crippen LogP contribution in [0.15, 0.2) is 23.3 Å². The standard InChI is InChI=1S/C9H17NO2.C4H5ClO/c1-4-8(7(2)3)9(11)12-6-5-10;1-3(2)4(5)6/h4-6,10H2,1-3H3;1H2,2H3. The van der Waals surface area contributed by atoms with Crippen LogP contribution in [0.1, 0.15) is 34.1 Å². The minimum Gasteiger partial charge on any atom is -0.461 e. The van der Waals surface area contributed by atoms with Gasteiger partial charge in [0, 0.05) is 17.7 Å². The Morgan fingerprint density at radius 2 is 1.72 bits per heavy atom. The SMILES string of the molecule is C=C(C)C(=O)Cl.CCC(C(=O)OCCN)=C(C)C. The highest BCUT2D eigenvalue weighted by Gasteiger charge is 2.09. The predicted octanol–water partition coefficient (Wildman–Crippen LogP) is 2.56. The molecule has 104 valence electrons. The number of hydrogen-bond donors (Lipinski definition) is 1. The molecule has 4 nitrogen and oxygen atoms in total. The topological polar surface area (TPSA) is 69.4 Å². The van der Waals surface area contributed by atoms with E-state index >= 15 is 0 Å². The lowest BCUT2D eigenvalue weighted by Gasteiger charge is -2.06. The van der Waals surface area contributed by atoms with Crippen LogP contribution in [0.2, 0.25) is 0 Å². The molecule has 0 heterocycles. The van der Waals surface area contributed by atoms with Crippen LogP contribution in [0.3, 0.4) is 0 Å². The molecule has 0 atom stereocenters. The molecule has 0 radical (unpaired) electrons. The molecule has 0 spiro atoms. The minimum atomic E-state index is -0.463. The van der Waals surface area contributed by atoms with Crippen molar-refractivity contribution < 1.29 is 14.3 Å². The second-order valence-corrected chi connectivity index (χ2v) is 4.15. The van der Waals surface area contributed by atoms with E-state index in [0.29, 0.717) is 25.1 Å². The van der Waals surface area contributed by atoms with Gasteiger partial charge >= 0.3 is 5.97 Å². The highest BCUT2D eigenvalue weighted by Crippen LogP contribution is 2.09. The number of rotatable bonds is 5. The normalized spacial score (nSPS) is 8.78. The minimum absolute atomic E-state index is 0.233. The van der Waals surface area contributed by atoms with Crippen molar-refractivity contribution in [2.24, 2.45) is 5.73 Å². The molecule has 0 amide bonds. The van der Waals surface area contributed by atoms with Gasteiger partial charge in [0.15, 0.2) is 0 Å². The smallest absolute Gasteiger partial charge is 0.333 e. The Morgan fingerprint density at radius 1 is 1.28 bits per heavy atom. The van der Waals surface area contributed by atoms with Crippen molar-refractivity contribution in [1.82, 2.24) is 0 Å². The van der Waals surface area contributed by atoms with Crippen LogP contribution in [-0.2, 0) is 14.3 Å². The first kappa shape index (κ1) is 19.2. The summed E-state index contributed by atoms with van der Waals surface area (Å²) in [4.78, 5) is 21.0. The van der Waals surface area contributed by atoms with E-state index in [0.717, 1.165) is 11.1 Å². The number of nitrogens with two attached hydrogens (primary N) is 1. The molecule has 0 saturated carbocycles. The zero-order chi connectivity index (χ0) is 14.7. The Balaban J connectivity index is 0. The van der Waals surface area contributed by atoms with E-state index < -0.39 is 5.24 Å². The maximum absolute atomic E-state index is 11.2. The van der Waals surface area contributed by atoms with E-state index in [4.69, 9.17) is 22.1 Å². The van der Waals surface area contributed by atoms with Crippen molar-refractivity contribution in [3.05, 3.63) is 23.3 Å². The molecular weight excluding hydrogens is 254 g/mol. The van der Waals surface area contributed by atoms with Crippen molar-refractivity contribution in [1.29, 1.82) is 0 Å². The second kappa shape index (κ2) is 11.0. The molecule has 18 heavy (non-hydrogen) atoms. The number of hydrogen-bond acceptors (Lipinski definition) is 4. The van der Waals surface area contributed by atoms with E-state index in [2.05, 4.69) is 6.58 Å². The lowest BCUT2D eigenvalue weighted by atomic mass is 10.1. The van der Waals surface area contributed by atoms with E-state index in [9.17, 15) is 9.59 Å². The lowest BCUT2D eigenvalue weighted by molar-refractivity contribution is -0.138. The number of halogens is 1. The van der Waals surface area contributed by atoms with Crippen molar-refractivity contribution >= 4 is 22.8 Å². The molecule has 0 aromatic rings. The largest absolute Gasteiger partial charge is 0.461 e. The van der Waals surface area contributed by atoms with Gasteiger partial charge in [-0.1, -0.05) is 19.1 Å². The Morgan fingerprint density at radius 3 is 1.94 bits per heavy atom. The van der Waals surface area contributed by atoms with Gasteiger partial charge in [0.1, 0.15) is 6.61 Å². The first-order valence-electron chi connectivity index (χ1n) is 5.66. The van der Waals surface area contributed by atoms with Crippen LogP contribution in [-0.4, -0.2) is 24.4 Å². The Bertz CT molecular complexity index is 319. The number of ether oxygens (including phenoxy) is 1. The number of carbonyl (C=O) groups excluding carboxylic acids is 2. The maximum Gasteiger partial charge on any atom is 0.333 e. The lowest BCUT2D eigenvalue weighted by Crippen LogP contribution is -2.15. The number of esters is 1. The summed E-state index contributed by atoms with van der Waals surface area (Å²) in [6, 6.07) is 0. The average Bonchev–Trinajstić information content (AvgIpc) is 2.27. The van der Waals surface area contributed by atoms with Crippen LogP contribution >= 0.6 is 11.6 Å². The quantitative estimate of drug-likeness (QED) is 0.476. The van der Waals surface area contributed by atoms with Gasteiger partial charge in [-0.05, 0) is 38.8 Å². The maximum atomic E-state index is 11.2. The van der Waals surface area contributed by atoms with E-state index in [1.165, 1.54) is 0 Å². The van der Waals surface area contributed by atoms with Crippen LogP contribution in [0.25, 0.3) is 0 Å². The first-order valence-corrected chi connectivity index (χ1v) is 6.04. The van der Waals surface area contributed by atoms with Gasteiger partial charge in [0.2, 0.25) is 5.24 Å². The Kier molecular flexibility index (Phi) is 11.7. The van der Waals surface area contributed by atoms with Crippen LogP contribution in [0, 0.1) is 0 Å². The third-order valence-electron chi connectivity index (χ3n) is 1.89. The Hall–Kier alpha value is -1.13. The zero-order valence-corrected chi connectivity index (χ0v) is 12.3. The highest BCUT2D eigenvalue weighted by molar-refractivity contribution is 6.67. The van der Waals surface area contributed by atoms with Gasteiger partial charge in [-0.2, -0.15) is 0 Å². The summed E-state index contributed by atoms with van der Waals surface area (Å²) in [7, 11) is 0. The highest BCUT2D eigenvalue weighted by atomic mass is 35.5. The molecule has 5 heteroatoms. The third-order valence-corrected chi connectivity index (χ3v) is 2.21. The van der Waals surface area contributed by atoms with Gasteiger partial charge in [0.05, 0.1) is 0 Å². The molecule has 0 unspecified atom stereocenters. The molecule has 0 aliphatic carbocycles. The van der Waals surface area contributed by atoms with E-state index in [1.807, 2.05) is 20.8 Å². The summed E-state index contributed by atoms with van der Waals surface area (Å²) in [5.74, 6) is -0.233. The molecular formula is C13H22ClNO3. The fraction of sp³-hybridized carbons (Fsp3) is 0.538. The molecule has 0 aromatic heterocycles. The predicted molar refractivity (Wildman–Crippen MR) is 74.4 cm³/mol. The summed E-state index contributed by atoms with van der Waals surface area (Å²) in [6.45, 7) is 11.3. The number of allylic oxidation sites excluding steroid dienone is 2. The zero-order valence-electron chi connectivity index (χ0n) is 11.5. The molecule has 0 saturated heterocycles. The molecule has 0 aliphatic rings. The Labute approximate surface area is 114 Å². The van der Waals surface area contributed by atoms with Gasteiger partial charge in [-0.25, -0.2) is 4.79 Å². The summed E-state index contributed by atoms with van der Waals surface area (Å²) in [5.41, 5.74) is 7.35. The molecule has 0 aliphatic heterocycles. The van der Waals surface area contributed by atoms with Crippen molar-refractivity contribution in [3.63, 3.8) is 0 Å². The molecule has 0 aromatic carbocycles. The molecule has 0 bridgehead atoms. The summed E-state index contributed by atoms with van der Waals surface area (Å²) < 4.78 is 4.88. The van der Waals surface area contributed by atoms with Crippen molar-refractivity contribution in [3.8, 4) is 0 Å². The monoisotopic (exact) mass is 275 g/mol. The van der Waals surface area contributed by atoms with Gasteiger partial charge in [-0.15, -0.1) is 0 Å². The summed E-state index contributed by atoms with van der Waals surface area (Å²) in [6.07, 6.45) is 0.714. The van der Waals surface area contributed by atoms with E-state index in [1.54, 1.807) is 6.92 Å². The fourth-order valence-electron chi connectivity index (χ4n) is 0.941. The van der Waals surface area contributed by atoms with Gasteiger partial charge in [-0.3, -0.25) is 4.79 Å². The van der Waals surface area contributed by atoms with Crippen molar-refractivity contribution in [2.75, 3.05) is 13.2 Å². The van der Waals surface area contributed by atoms with E-state index in [-0.39, 0.29) is 5.97 Å². The van der Waals surface area contributed by atoms with Crippen LogP contribution < -0.4 is 5.73 Å². The number of carbonyl (C=O) groups is 2. The first-order chi connectivity index (χ1) is 8.27. The molecule has 0 fully saturated rings. The summed E-state index contributed by atoms with van der Waals surface area (Å²) in [5, 5.41) is -0.463. The van der Waals surface area contributed by atoms with Gasteiger partial charge in [0.25, 0.3) is 0 Å². The van der Waals surface area contributed by atoms with Crippen LogP contribution in [0.4, 0.5) is 0 Å². The molecule has 2 N–H and O–H groups in total. The third kappa shape index (κ3) is 10.1. The van der Waals surface area contributed by atoms with Crippen molar-refractivity contribution in [2.45, 2.75) is 34.1 Å². The molecule has 0 rings (SSSR count). The second-order valence-electron chi connectivity index (χ2n) is 3.81. The fourth-order valence-corrected chi connectivity index (χ4v) is 0.941. The average molecular weight is 276 g/mol. The summed E-state index contributed by atoms with van der Waals surface area (Å²) >= 11 is 4.87. The van der Waals surface area contributed by atoms with Gasteiger partial charge < -0.3 is 10.5 Å².